The second-order valence-electron chi connectivity index (χ2n) is 5.34. The number of hydrogen-bond donors (Lipinski definition) is 0. The minimum Gasteiger partial charge on any atom is -0.379 e. The van der Waals surface area contributed by atoms with Crippen LogP contribution in [0.5, 0.6) is 5.75 Å². The van der Waals surface area contributed by atoms with Crippen LogP contribution in [-0.4, -0.2) is 14.2 Å². The van der Waals surface area contributed by atoms with Crippen molar-refractivity contribution in [2.24, 2.45) is 5.92 Å². The van der Waals surface area contributed by atoms with Gasteiger partial charge in [0.05, 0.1) is 15.8 Å². The summed E-state index contributed by atoms with van der Waals surface area (Å²) in [5.41, 5.74) is 0. The first kappa shape index (κ1) is 17.2. The molecule has 0 aliphatic heterocycles. The lowest BCUT2D eigenvalue weighted by Gasteiger charge is -2.21. The Labute approximate surface area is 140 Å². The molecule has 3 nitrogen and oxygen atoms in total. The third kappa shape index (κ3) is 5.20. The van der Waals surface area contributed by atoms with E-state index >= 15 is 0 Å². The lowest BCUT2D eigenvalue weighted by molar-refractivity contribution is 0.347. The molecule has 21 heavy (non-hydrogen) atoms. The summed E-state index contributed by atoms with van der Waals surface area (Å²) in [6, 6.07) is 2.81. The highest BCUT2D eigenvalue weighted by atomic mass is 35.5. The van der Waals surface area contributed by atoms with Gasteiger partial charge in [-0.05, 0) is 24.5 Å². The van der Waals surface area contributed by atoms with E-state index in [2.05, 4.69) is 0 Å². The molecule has 7 heteroatoms. The summed E-state index contributed by atoms with van der Waals surface area (Å²) in [6.07, 6.45) is 6.41. The van der Waals surface area contributed by atoms with E-state index in [0.29, 0.717) is 17.4 Å². The molecule has 1 fully saturated rings. The van der Waals surface area contributed by atoms with Crippen molar-refractivity contribution in [3.63, 3.8) is 0 Å². The van der Waals surface area contributed by atoms with Gasteiger partial charge in [-0.25, -0.2) is 0 Å². The molecule has 0 spiro atoms. The summed E-state index contributed by atoms with van der Waals surface area (Å²) >= 11 is 17.6. The van der Waals surface area contributed by atoms with Gasteiger partial charge in [-0.2, -0.15) is 8.42 Å². The Bertz CT molecular complexity index is 572. The van der Waals surface area contributed by atoms with E-state index in [-0.39, 0.29) is 21.5 Å². The topological polar surface area (TPSA) is 43.4 Å². The zero-order valence-corrected chi connectivity index (χ0v) is 14.5. The van der Waals surface area contributed by atoms with E-state index in [1.807, 2.05) is 0 Å². The molecule has 0 radical (unpaired) electrons. The summed E-state index contributed by atoms with van der Waals surface area (Å²) in [6.45, 7) is 0. The Hall–Kier alpha value is -0.160. The van der Waals surface area contributed by atoms with Crippen molar-refractivity contribution in [2.75, 3.05) is 5.75 Å². The van der Waals surface area contributed by atoms with Gasteiger partial charge in [0.1, 0.15) is 0 Å². The number of halogens is 3. The Kier molecular flexibility index (Phi) is 6.06. The monoisotopic (exact) mass is 370 g/mol. The summed E-state index contributed by atoms with van der Waals surface area (Å²) in [5, 5.41) is 0.513. The van der Waals surface area contributed by atoms with Crippen molar-refractivity contribution in [1.29, 1.82) is 0 Å². The third-order valence-electron chi connectivity index (χ3n) is 3.67. The van der Waals surface area contributed by atoms with Crippen LogP contribution in [0.1, 0.15) is 38.5 Å². The van der Waals surface area contributed by atoms with E-state index in [0.717, 1.165) is 12.8 Å². The molecule has 1 aromatic carbocycles. The van der Waals surface area contributed by atoms with Crippen molar-refractivity contribution in [2.45, 2.75) is 38.5 Å². The van der Waals surface area contributed by atoms with E-state index in [1.54, 1.807) is 0 Å². The summed E-state index contributed by atoms with van der Waals surface area (Å²) in [5.74, 6) is 0.395. The number of rotatable bonds is 5. The highest BCUT2D eigenvalue weighted by Crippen LogP contribution is 2.37. The van der Waals surface area contributed by atoms with Crippen LogP contribution in [0.4, 0.5) is 0 Å². The van der Waals surface area contributed by atoms with Gasteiger partial charge in [0.25, 0.3) is 0 Å². The first-order valence-corrected chi connectivity index (χ1v) is 9.65. The molecule has 0 atom stereocenters. The molecular formula is C14H17Cl3O3S. The van der Waals surface area contributed by atoms with Gasteiger partial charge < -0.3 is 4.18 Å². The molecule has 1 saturated carbocycles. The maximum atomic E-state index is 12.1. The molecule has 1 aromatic rings. The zero-order chi connectivity index (χ0) is 15.5. The van der Waals surface area contributed by atoms with Crippen LogP contribution in [0.3, 0.4) is 0 Å². The largest absolute Gasteiger partial charge is 0.379 e. The lowest BCUT2D eigenvalue weighted by atomic mass is 9.88. The van der Waals surface area contributed by atoms with Crippen molar-refractivity contribution in [1.82, 2.24) is 0 Å². The van der Waals surface area contributed by atoms with Gasteiger partial charge in [-0.1, -0.05) is 66.9 Å². The second-order valence-corrected chi connectivity index (χ2v) is 8.28. The number of benzene rings is 1. The molecule has 1 aliphatic rings. The van der Waals surface area contributed by atoms with Gasteiger partial charge in [0, 0.05) is 5.02 Å². The average Bonchev–Trinajstić information content (AvgIpc) is 2.42. The van der Waals surface area contributed by atoms with Crippen LogP contribution >= 0.6 is 34.8 Å². The molecule has 1 aliphatic carbocycles. The quantitative estimate of drug-likeness (QED) is 0.657. The summed E-state index contributed by atoms with van der Waals surface area (Å²) < 4.78 is 29.2. The van der Waals surface area contributed by atoms with E-state index in [9.17, 15) is 8.42 Å². The maximum Gasteiger partial charge on any atom is 0.309 e. The fraction of sp³-hybridized carbons (Fsp3) is 0.571. The lowest BCUT2D eigenvalue weighted by Crippen LogP contribution is -2.18. The van der Waals surface area contributed by atoms with Crippen LogP contribution < -0.4 is 4.18 Å². The Balaban J connectivity index is 2.00. The molecule has 0 amide bonds. The highest BCUT2D eigenvalue weighted by molar-refractivity contribution is 7.87. The average molecular weight is 372 g/mol. The van der Waals surface area contributed by atoms with Gasteiger partial charge in [0.2, 0.25) is 0 Å². The first-order chi connectivity index (χ1) is 9.87. The van der Waals surface area contributed by atoms with Crippen LogP contribution in [0.25, 0.3) is 0 Å². The zero-order valence-electron chi connectivity index (χ0n) is 11.4. The molecule has 118 valence electrons. The minimum absolute atomic E-state index is 0.0209. The molecule has 0 saturated heterocycles. The second kappa shape index (κ2) is 7.40. The molecular weight excluding hydrogens is 355 g/mol. The predicted molar refractivity (Wildman–Crippen MR) is 87.1 cm³/mol. The van der Waals surface area contributed by atoms with Crippen LogP contribution in [-0.2, 0) is 10.1 Å². The minimum atomic E-state index is -3.70. The maximum absolute atomic E-state index is 12.1. The third-order valence-corrected chi connectivity index (χ3v) is 5.61. The van der Waals surface area contributed by atoms with E-state index < -0.39 is 10.1 Å². The van der Waals surface area contributed by atoms with Gasteiger partial charge in [-0.15, -0.1) is 0 Å². The molecule has 0 N–H and O–H groups in total. The van der Waals surface area contributed by atoms with Gasteiger partial charge in [-0.3, -0.25) is 0 Å². The Morgan fingerprint density at radius 1 is 1.05 bits per heavy atom. The van der Waals surface area contributed by atoms with Crippen molar-refractivity contribution in [3.8, 4) is 5.75 Å². The molecule has 0 unspecified atom stereocenters. The number of hydrogen-bond acceptors (Lipinski definition) is 3. The Morgan fingerprint density at radius 2 is 1.62 bits per heavy atom. The molecule has 0 bridgehead atoms. The van der Waals surface area contributed by atoms with Crippen molar-refractivity contribution in [3.05, 3.63) is 27.2 Å². The standard InChI is InChI=1S/C14H17Cl3O3S/c15-11-8-12(16)14(13(17)9-11)20-21(18,19)7-6-10-4-2-1-3-5-10/h8-10H,1-7H2. The summed E-state index contributed by atoms with van der Waals surface area (Å²) in [4.78, 5) is 0. The fourth-order valence-electron chi connectivity index (χ4n) is 2.56. The van der Waals surface area contributed by atoms with Crippen LogP contribution in [0.2, 0.25) is 15.1 Å². The molecule has 2 rings (SSSR count). The molecule has 0 aromatic heterocycles. The fourth-order valence-corrected chi connectivity index (χ4v) is 4.69. The SMILES string of the molecule is O=S(=O)(CCC1CCCCC1)Oc1c(Cl)cc(Cl)cc1Cl. The molecule has 0 heterocycles. The normalized spacial score (nSPS) is 16.9. The van der Waals surface area contributed by atoms with Gasteiger partial charge in [0.15, 0.2) is 5.75 Å². The van der Waals surface area contributed by atoms with E-state index in [4.69, 9.17) is 39.0 Å². The first-order valence-electron chi connectivity index (χ1n) is 6.94. The van der Waals surface area contributed by atoms with Crippen molar-refractivity contribution >= 4 is 44.9 Å². The smallest absolute Gasteiger partial charge is 0.309 e. The Morgan fingerprint density at radius 3 is 2.19 bits per heavy atom. The predicted octanol–water partition coefficient (Wildman–Crippen LogP) is 5.33. The van der Waals surface area contributed by atoms with E-state index in [1.165, 1.54) is 31.4 Å². The van der Waals surface area contributed by atoms with Gasteiger partial charge >= 0.3 is 10.1 Å². The highest BCUT2D eigenvalue weighted by Gasteiger charge is 2.21. The van der Waals surface area contributed by atoms with Crippen LogP contribution in [0, 0.1) is 5.92 Å². The van der Waals surface area contributed by atoms with Crippen LogP contribution in [0.15, 0.2) is 12.1 Å². The summed E-state index contributed by atoms with van der Waals surface area (Å²) in [7, 11) is -3.70. The van der Waals surface area contributed by atoms with Crippen molar-refractivity contribution < 1.29 is 12.6 Å².